The molecule has 2 atom stereocenters. The summed E-state index contributed by atoms with van der Waals surface area (Å²) in [5, 5.41) is 8.74. The Kier molecular flexibility index (Phi) is 10.4. The fraction of sp³-hybridized carbons (Fsp3) is 0.464. The van der Waals surface area contributed by atoms with Gasteiger partial charge in [0.25, 0.3) is 0 Å². The molecule has 0 radical (unpaired) electrons. The molecule has 2 aromatic rings. The van der Waals surface area contributed by atoms with Crippen LogP contribution in [0.3, 0.4) is 0 Å². The van der Waals surface area contributed by atoms with Gasteiger partial charge in [0.2, 0.25) is 5.82 Å². The number of esters is 2. The van der Waals surface area contributed by atoms with Gasteiger partial charge in [-0.3, -0.25) is 4.79 Å². The summed E-state index contributed by atoms with van der Waals surface area (Å²) in [6, 6.07) is 9.17. The number of nitrogens with zero attached hydrogens (tertiary/aromatic N) is 1. The maximum absolute atomic E-state index is 14.0. The molecule has 0 spiro atoms. The first-order valence-electron chi connectivity index (χ1n) is 12.5. The molecule has 1 fully saturated rings. The number of unbranched alkanes of at least 4 members (excludes halogenated alkanes) is 4. The van der Waals surface area contributed by atoms with Gasteiger partial charge >= 0.3 is 11.9 Å². The molecule has 0 heterocycles. The van der Waals surface area contributed by atoms with E-state index in [9.17, 15) is 18.4 Å². The van der Waals surface area contributed by atoms with Gasteiger partial charge < -0.3 is 14.2 Å². The maximum Gasteiger partial charge on any atom is 0.343 e. The van der Waals surface area contributed by atoms with E-state index in [0.717, 1.165) is 44.2 Å². The summed E-state index contributed by atoms with van der Waals surface area (Å²) in [6.45, 7) is 2.90. The minimum atomic E-state index is -1.42. The summed E-state index contributed by atoms with van der Waals surface area (Å²) in [7, 11) is 0. The first-order valence-corrected chi connectivity index (χ1v) is 12.5. The molecule has 0 saturated heterocycles. The first kappa shape index (κ1) is 27.3. The largest absolute Gasteiger partial charge is 0.426 e. The minimum Gasteiger partial charge on any atom is -0.426 e. The van der Waals surface area contributed by atoms with Gasteiger partial charge in [0, 0.05) is 6.61 Å². The molecule has 2 aromatic carbocycles. The molecule has 2 unspecified atom stereocenters. The predicted molar refractivity (Wildman–Crippen MR) is 129 cm³/mol. The number of halogens is 2. The van der Waals surface area contributed by atoms with Crippen LogP contribution in [0.2, 0.25) is 0 Å². The van der Waals surface area contributed by atoms with E-state index in [2.05, 4.69) is 6.92 Å². The lowest BCUT2D eigenvalue weighted by molar-refractivity contribution is -0.142. The summed E-state index contributed by atoms with van der Waals surface area (Å²) in [5.74, 6) is -4.66. The summed E-state index contributed by atoms with van der Waals surface area (Å²) < 4.78 is 44.1. The van der Waals surface area contributed by atoms with Crippen molar-refractivity contribution in [2.24, 2.45) is 5.92 Å². The average Bonchev–Trinajstić information content (AvgIpc) is 2.89. The van der Waals surface area contributed by atoms with E-state index in [0.29, 0.717) is 13.0 Å². The third-order valence-electron chi connectivity index (χ3n) is 6.24. The molecule has 0 aromatic heterocycles. The van der Waals surface area contributed by atoms with Crippen molar-refractivity contribution < 1.29 is 32.6 Å². The second-order valence-electron chi connectivity index (χ2n) is 8.96. The third kappa shape index (κ3) is 7.59. The zero-order chi connectivity index (χ0) is 25.9. The lowest BCUT2D eigenvalue weighted by atomic mass is 9.87. The van der Waals surface area contributed by atoms with Crippen LogP contribution in [0.4, 0.5) is 8.78 Å². The molecule has 36 heavy (non-hydrogen) atoms. The van der Waals surface area contributed by atoms with E-state index < -0.39 is 28.9 Å². The molecule has 192 valence electrons. The zero-order valence-electron chi connectivity index (χ0n) is 20.4. The van der Waals surface area contributed by atoms with Gasteiger partial charge in [-0.15, -0.1) is 0 Å². The molecule has 0 aliphatic heterocycles. The van der Waals surface area contributed by atoms with Gasteiger partial charge in [0.1, 0.15) is 11.8 Å². The molecule has 1 saturated carbocycles. The molecule has 0 amide bonds. The summed E-state index contributed by atoms with van der Waals surface area (Å²) in [4.78, 5) is 25.0. The van der Waals surface area contributed by atoms with Crippen LogP contribution in [-0.4, -0.2) is 24.6 Å². The van der Waals surface area contributed by atoms with E-state index in [4.69, 9.17) is 19.5 Å². The Labute approximate surface area is 210 Å². The molecular formula is C28H31F2NO5. The van der Waals surface area contributed by atoms with Crippen molar-refractivity contribution in [3.05, 3.63) is 59.2 Å². The van der Waals surface area contributed by atoms with Crippen molar-refractivity contribution in [2.45, 2.75) is 70.8 Å². The molecule has 8 heteroatoms. The molecular weight excluding hydrogens is 468 g/mol. The fourth-order valence-electron chi connectivity index (χ4n) is 4.18. The molecule has 3 rings (SSSR count). The van der Waals surface area contributed by atoms with E-state index >= 15 is 0 Å². The fourth-order valence-corrected chi connectivity index (χ4v) is 4.18. The standard InChI is InChI=1S/C28H31F2NO5/c1-2-3-4-5-6-16-34-23-9-7-8-20(17-23)28(33)35-22-13-10-19(11-14-22)27(32)36-24-15-12-21(18-31)25(29)26(24)30/h10-15,20,23H,2-9,16-17H2,1H3. The van der Waals surface area contributed by atoms with Gasteiger partial charge in [-0.05, 0) is 62.1 Å². The quantitative estimate of drug-likeness (QED) is 0.199. The molecule has 1 aliphatic rings. The van der Waals surface area contributed by atoms with Gasteiger partial charge in [-0.1, -0.05) is 39.0 Å². The van der Waals surface area contributed by atoms with Gasteiger partial charge in [-0.25, -0.2) is 9.18 Å². The summed E-state index contributed by atoms with van der Waals surface area (Å²) >= 11 is 0. The van der Waals surface area contributed by atoms with Crippen LogP contribution < -0.4 is 9.47 Å². The van der Waals surface area contributed by atoms with Crippen molar-refractivity contribution >= 4 is 11.9 Å². The van der Waals surface area contributed by atoms with Crippen molar-refractivity contribution in [1.29, 1.82) is 5.26 Å². The van der Waals surface area contributed by atoms with E-state index in [1.807, 2.05) is 0 Å². The van der Waals surface area contributed by atoms with Crippen LogP contribution in [-0.2, 0) is 9.53 Å². The minimum absolute atomic E-state index is 0.0593. The number of hydrogen-bond acceptors (Lipinski definition) is 6. The van der Waals surface area contributed by atoms with Gasteiger partial charge in [0.15, 0.2) is 11.6 Å². The highest BCUT2D eigenvalue weighted by atomic mass is 19.2. The number of carbonyl (C=O) groups is 2. The number of rotatable bonds is 11. The average molecular weight is 500 g/mol. The molecule has 1 aliphatic carbocycles. The van der Waals surface area contributed by atoms with Crippen LogP contribution >= 0.6 is 0 Å². The zero-order valence-corrected chi connectivity index (χ0v) is 20.4. The Morgan fingerprint density at radius 3 is 2.44 bits per heavy atom. The summed E-state index contributed by atoms with van der Waals surface area (Å²) in [5.41, 5.74) is -0.430. The first-order chi connectivity index (χ1) is 17.4. The topological polar surface area (TPSA) is 85.6 Å². The van der Waals surface area contributed by atoms with Crippen LogP contribution in [0.1, 0.15) is 80.6 Å². The van der Waals surface area contributed by atoms with Crippen LogP contribution in [0.25, 0.3) is 0 Å². The van der Waals surface area contributed by atoms with Crippen LogP contribution in [0, 0.1) is 28.9 Å². The van der Waals surface area contributed by atoms with Gasteiger partial charge in [-0.2, -0.15) is 9.65 Å². The van der Waals surface area contributed by atoms with Crippen molar-refractivity contribution in [2.75, 3.05) is 6.61 Å². The summed E-state index contributed by atoms with van der Waals surface area (Å²) in [6.07, 6.45) is 9.15. The van der Waals surface area contributed by atoms with Crippen molar-refractivity contribution in [3.63, 3.8) is 0 Å². The second-order valence-corrected chi connectivity index (χ2v) is 8.96. The van der Waals surface area contributed by atoms with Crippen molar-refractivity contribution in [1.82, 2.24) is 0 Å². The highest BCUT2D eigenvalue weighted by molar-refractivity contribution is 5.91. The van der Waals surface area contributed by atoms with Gasteiger partial charge in [0.05, 0.1) is 23.1 Å². The molecule has 0 N–H and O–H groups in total. The van der Waals surface area contributed by atoms with Crippen molar-refractivity contribution in [3.8, 4) is 17.6 Å². The van der Waals surface area contributed by atoms with E-state index in [1.165, 1.54) is 49.6 Å². The van der Waals surface area contributed by atoms with Crippen LogP contribution in [0.15, 0.2) is 36.4 Å². The molecule has 0 bridgehead atoms. The number of hydrogen-bond donors (Lipinski definition) is 0. The Hall–Kier alpha value is -3.31. The highest BCUT2D eigenvalue weighted by Gasteiger charge is 2.29. The predicted octanol–water partition coefficient (Wildman–Crippen LogP) is 6.51. The van der Waals surface area contributed by atoms with Crippen LogP contribution in [0.5, 0.6) is 11.5 Å². The lowest BCUT2D eigenvalue weighted by Gasteiger charge is -2.27. The number of nitriles is 1. The Morgan fingerprint density at radius 1 is 0.972 bits per heavy atom. The van der Waals surface area contributed by atoms with E-state index in [-0.39, 0.29) is 29.3 Å². The highest BCUT2D eigenvalue weighted by Crippen LogP contribution is 2.29. The monoisotopic (exact) mass is 499 g/mol. The number of benzene rings is 2. The smallest absolute Gasteiger partial charge is 0.343 e. The number of carbonyl (C=O) groups excluding carboxylic acids is 2. The Morgan fingerprint density at radius 2 is 1.72 bits per heavy atom. The second kappa shape index (κ2) is 13.7. The lowest BCUT2D eigenvalue weighted by Crippen LogP contribution is -2.30. The van der Waals surface area contributed by atoms with E-state index in [1.54, 1.807) is 0 Å². The maximum atomic E-state index is 14.0. The Balaban J connectivity index is 1.49. The normalized spacial score (nSPS) is 17.3. The Bertz CT molecular complexity index is 1080. The SMILES string of the molecule is CCCCCCCOC1CCCC(C(=O)Oc2ccc(C(=O)Oc3ccc(C#N)c(F)c3F)cc2)C1. The number of ether oxygens (including phenoxy) is 3. The molecule has 6 nitrogen and oxygen atoms in total. The third-order valence-corrected chi connectivity index (χ3v) is 6.24.